The number of nitrogens with one attached hydrogen (secondary N) is 2. The van der Waals surface area contributed by atoms with Gasteiger partial charge in [-0.2, -0.15) is 4.31 Å². The lowest BCUT2D eigenvalue weighted by Crippen LogP contribution is -2.37. The number of ether oxygens (including phenoxy) is 1. The summed E-state index contributed by atoms with van der Waals surface area (Å²) in [5.74, 6) is 0.195. The summed E-state index contributed by atoms with van der Waals surface area (Å²) < 4.78 is 32.0. The van der Waals surface area contributed by atoms with Gasteiger partial charge in [0.2, 0.25) is 10.0 Å². The van der Waals surface area contributed by atoms with Crippen molar-refractivity contribution < 1.29 is 17.9 Å². The predicted octanol–water partition coefficient (Wildman–Crippen LogP) is 3.91. The van der Waals surface area contributed by atoms with Gasteiger partial charge in [-0.1, -0.05) is 46.8 Å². The van der Waals surface area contributed by atoms with Crippen LogP contribution in [0.15, 0.2) is 53.4 Å². The molecule has 174 valence electrons. The number of rotatable bonds is 8. The fourth-order valence-electron chi connectivity index (χ4n) is 2.95. The smallest absolute Gasteiger partial charge is 0.264 e. The summed E-state index contributed by atoms with van der Waals surface area (Å²) in [6.45, 7) is 10.6. The number of carbonyl (C=O) groups excluding carboxylic acids is 1. The fourth-order valence-corrected chi connectivity index (χ4v) is 4.64. The van der Waals surface area contributed by atoms with Gasteiger partial charge in [0.1, 0.15) is 5.75 Å². The molecule has 0 bridgehead atoms. The van der Waals surface area contributed by atoms with E-state index in [1.165, 1.54) is 22.0 Å². The van der Waals surface area contributed by atoms with Crippen LogP contribution in [-0.2, 0) is 20.2 Å². The van der Waals surface area contributed by atoms with Crippen LogP contribution in [0.2, 0.25) is 0 Å². The van der Waals surface area contributed by atoms with Gasteiger partial charge in [0, 0.05) is 18.8 Å². The number of anilines is 1. The molecule has 32 heavy (non-hydrogen) atoms. The van der Waals surface area contributed by atoms with Gasteiger partial charge in [0.25, 0.3) is 5.91 Å². The van der Waals surface area contributed by atoms with Crippen molar-refractivity contribution in [3.05, 3.63) is 54.1 Å². The summed E-state index contributed by atoms with van der Waals surface area (Å²) in [5, 5.41) is 5.51. The number of amides is 1. The Hall–Kier alpha value is -2.49. The van der Waals surface area contributed by atoms with Crippen LogP contribution in [-0.4, -0.2) is 43.4 Å². The van der Waals surface area contributed by atoms with Gasteiger partial charge in [0.15, 0.2) is 11.7 Å². The van der Waals surface area contributed by atoms with E-state index in [0.717, 1.165) is 0 Å². The highest BCUT2D eigenvalue weighted by molar-refractivity contribution is 7.89. The molecule has 2 rings (SSSR count). The topological polar surface area (TPSA) is 87.7 Å². The van der Waals surface area contributed by atoms with Crippen LogP contribution in [0.3, 0.4) is 0 Å². The van der Waals surface area contributed by atoms with Crippen molar-refractivity contribution in [3.63, 3.8) is 0 Å². The van der Waals surface area contributed by atoms with Crippen molar-refractivity contribution >= 4 is 38.9 Å². The first-order valence-electron chi connectivity index (χ1n) is 10.4. The zero-order chi connectivity index (χ0) is 23.9. The van der Waals surface area contributed by atoms with Gasteiger partial charge in [-0.15, -0.1) is 0 Å². The molecule has 0 atom stereocenters. The van der Waals surface area contributed by atoms with Crippen LogP contribution in [0.5, 0.6) is 5.75 Å². The first kappa shape index (κ1) is 25.8. The second-order valence-corrected chi connectivity index (χ2v) is 10.5. The summed E-state index contributed by atoms with van der Waals surface area (Å²) in [5.41, 5.74) is 1.78. The van der Waals surface area contributed by atoms with E-state index in [1.807, 2.05) is 24.3 Å². The standard InChI is InChI=1S/C23H31N3O4S2/c1-6-26(7-2)32(28,29)20-14-10-18(11-15-20)24-22(31)25-21(27)16-30-19-12-8-17(9-13-19)23(3,4)5/h8-15H,6-7,16H2,1-5H3,(H2,24,25,27,31). The predicted molar refractivity (Wildman–Crippen MR) is 132 cm³/mol. The van der Waals surface area contributed by atoms with Crippen molar-refractivity contribution in [3.8, 4) is 5.75 Å². The van der Waals surface area contributed by atoms with E-state index >= 15 is 0 Å². The molecule has 0 saturated carbocycles. The lowest BCUT2D eigenvalue weighted by atomic mass is 9.87. The van der Waals surface area contributed by atoms with E-state index < -0.39 is 15.9 Å². The van der Waals surface area contributed by atoms with Crippen LogP contribution >= 0.6 is 12.2 Å². The van der Waals surface area contributed by atoms with Crippen molar-refractivity contribution in [2.45, 2.75) is 44.9 Å². The fraction of sp³-hybridized carbons (Fsp3) is 0.391. The highest BCUT2D eigenvalue weighted by Gasteiger charge is 2.21. The van der Waals surface area contributed by atoms with E-state index in [4.69, 9.17) is 17.0 Å². The van der Waals surface area contributed by atoms with Gasteiger partial charge in [-0.25, -0.2) is 8.42 Å². The molecule has 0 aliphatic rings. The molecule has 0 radical (unpaired) electrons. The van der Waals surface area contributed by atoms with Gasteiger partial charge >= 0.3 is 0 Å². The molecule has 7 nitrogen and oxygen atoms in total. The maximum atomic E-state index is 12.5. The monoisotopic (exact) mass is 477 g/mol. The lowest BCUT2D eigenvalue weighted by molar-refractivity contribution is -0.121. The molecule has 2 aromatic carbocycles. The first-order valence-corrected chi connectivity index (χ1v) is 12.3. The molecule has 0 spiro atoms. The van der Waals surface area contributed by atoms with Crippen molar-refractivity contribution in [2.75, 3.05) is 25.0 Å². The summed E-state index contributed by atoms with van der Waals surface area (Å²) in [6.07, 6.45) is 0. The zero-order valence-corrected chi connectivity index (χ0v) is 20.8. The Kier molecular flexibility index (Phi) is 8.77. The highest BCUT2D eigenvalue weighted by Crippen LogP contribution is 2.24. The number of benzene rings is 2. The molecule has 2 N–H and O–H groups in total. The Morgan fingerprint density at radius 2 is 1.56 bits per heavy atom. The maximum absolute atomic E-state index is 12.5. The maximum Gasteiger partial charge on any atom is 0.264 e. The largest absolute Gasteiger partial charge is 0.484 e. The van der Waals surface area contributed by atoms with E-state index in [2.05, 4.69) is 31.4 Å². The minimum absolute atomic E-state index is 0.0432. The van der Waals surface area contributed by atoms with Crippen LogP contribution in [0.1, 0.15) is 40.2 Å². The third-order valence-corrected chi connectivity index (χ3v) is 7.07. The van der Waals surface area contributed by atoms with Gasteiger partial charge in [0.05, 0.1) is 4.90 Å². The molecule has 0 saturated heterocycles. The molecule has 2 aromatic rings. The second kappa shape index (κ2) is 10.9. The Labute approximate surface area is 196 Å². The normalized spacial score (nSPS) is 11.8. The summed E-state index contributed by atoms with van der Waals surface area (Å²) in [6, 6.07) is 13.8. The van der Waals surface area contributed by atoms with Gasteiger partial charge < -0.3 is 10.1 Å². The van der Waals surface area contributed by atoms with Gasteiger partial charge in [-0.05, 0) is 59.6 Å². The van der Waals surface area contributed by atoms with Gasteiger partial charge in [-0.3, -0.25) is 10.1 Å². The highest BCUT2D eigenvalue weighted by atomic mass is 32.2. The number of hydrogen-bond donors (Lipinski definition) is 2. The van der Waals surface area contributed by atoms with E-state index in [9.17, 15) is 13.2 Å². The molecule has 0 aromatic heterocycles. The minimum Gasteiger partial charge on any atom is -0.484 e. The van der Waals surface area contributed by atoms with Crippen LogP contribution in [0, 0.1) is 0 Å². The Balaban J connectivity index is 1.87. The molecular formula is C23H31N3O4S2. The molecule has 0 unspecified atom stereocenters. The molecule has 0 aliphatic heterocycles. The Morgan fingerprint density at radius 3 is 2.06 bits per heavy atom. The summed E-state index contributed by atoms with van der Waals surface area (Å²) in [4.78, 5) is 12.3. The molecule has 1 amide bonds. The number of carbonyl (C=O) groups is 1. The Bertz CT molecular complexity index is 1020. The third-order valence-electron chi connectivity index (χ3n) is 4.80. The first-order chi connectivity index (χ1) is 15.0. The summed E-state index contributed by atoms with van der Waals surface area (Å²) in [7, 11) is -3.52. The number of hydrogen-bond acceptors (Lipinski definition) is 5. The van der Waals surface area contributed by atoms with E-state index in [-0.39, 0.29) is 22.0 Å². The van der Waals surface area contributed by atoms with Crippen LogP contribution < -0.4 is 15.4 Å². The van der Waals surface area contributed by atoms with Crippen LogP contribution in [0.4, 0.5) is 5.69 Å². The molecule has 0 aliphatic carbocycles. The number of sulfonamides is 1. The SMILES string of the molecule is CCN(CC)S(=O)(=O)c1ccc(NC(=S)NC(=O)COc2ccc(C(C)(C)C)cc2)cc1. The zero-order valence-electron chi connectivity index (χ0n) is 19.1. The van der Waals surface area contributed by atoms with E-state index in [0.29, 0.717) is 24.5 Å². The molecule has 9 heteroatoms. The molecule has 0 fully saturated rings. The minimum atomic E-state index is -3.52. The van der Waals surface area contributed by atoms with Crippen molar-refractivity contribution in [2.24, 2.45) is 0 Å². The average Bonchev–Trinajstić information content (AvgIpc) is 2.73. The number of thiocarbonyl (C=S) groups is 1. The number of nitrogens with zero attached hydrogens (tertiary/aromatic N) is 1. The second-order valence-electron chi connectivity index (χ2n) is 8.18. The molecular weight excluding hydrogens is 446 g/mol. The molecule has 0 heterocycles. The van der Waals surface area contributed by atoms with E-state index in [1.54, 1.807) is 26.0 Å². The van der Waals surface area contributed by atoms with Crippen molar-refractivity contribution in [1.82, 2.24) is 9.62 Å². The quantitative estimate of drug-likeness (QED) is 0.561. The summed E-state index contributed by atoms with van der Waals surface area (Å²) >= 11 is 5.16. The lowest BCUT2D eigenvalue weighted by Gasteiger charge is -2.19. The van der Waals surface area contributed by atoms with Crippen molar-refractivity contribution in [1.29, 1.82) is 0 Å². The van der Waals surface area contributed by atoms with Crippen LogP contribution in [0.25, 0.3) is 0 Å². The average molecular weight is 478 g/mol. The third kappa shape index (κ3) is 7.01. The Morgan fingerprint density at radius 1 is 1.00 bits per heavy atom.